The molecule has 5 rings (SSSR count). The van der Waals surface area contributed by atoms with Gasteiger partial charge < -0.3 is 30.5 Å². The minimum atomic E-state index is -0.638. The zero-order valence-corrected chi connectivity index (χ0v) is 21.3. The molecule has 0 radical (unpaired) electrons. The highest BCUT2D eigenvalue weighted by Crippen LogP contribution is 2.28. The number of fused-ring (bicyclic) bond motifs is 1. The number of nitrogens with one attached hydrogen (secondary N) is 3. The van der Waals surface area contributed by atoms with Crippen molar-refractivity contribution in [3.63, 3.8) is 0 Å². The number of nitrogens with zero attached hydrogens (tertiary/aromatic N) is 2. The summed E-state index contributed by atoms with van der Waals surface area (Å²) in [5.41, 5.74) is 3.06. The van der Waals surface area contributed by atoms with Crippen LogP contribution in [0.3, 0.4) is 0 Å². The van der Waals surface area contributed by atoms with Gasteiger partial charge in [-0.2, -0.15) is 0 Å². The van der Waals surface area contributed by atoms with E-state index in [4.69, 9.17) is 4.74 Å². The number of hydrogen-bond acceptors (Lipinski definition) is 6. The van der Waals surface area contributed by atoms with Crippen molar-refractivity contribution in [2.45, 2.75) is 12.8 Å². The van der Waals surface area contributed by atoms with Gasteiger partial charge in [0.2, 0.25) is 0 Å². The number of halogens is 1. The SMILES string of the molecule is Cl.O.O=C(Nc1cc(O)ccc1NC(=O)c1ccc2cc[nH]c2c1)OCC1CCN(c2ccncc2)CC1. The highest BCUT2D eigenvalue weighted by Gasteiger charge is 2.21. The first-order chi connectivity index (χ1) is 17.5. The summed E-state index contributed by atoms with van der Waals surface area (Å²) in [6.45, 7) is 2.07. The molecule has 1 aliphatic rings. The molecule has 11 heteroatoms. The van der Waals surface area contributed by atoms with Gasteiger partial charge in [-0.3, -0.25) is 15.1 Å². The van der Waals surface area contributed by atoms with E-state index < -0.39 is 6.09 Å². The number of aromatic hydroxyl groups is 1. The van der Waals surface area contributed by atoms with Gasteiger partial charge in [0.1, 0.15) is 5.75 Å². The first-order valence-electron chi connectivity index (χ1n) is 11.9. The fraction of sp³-hybridized carbons (Fsp3) is 0.222. The lowest BCUT2D eigenvalue weighted by atomic mass is 9.97. The molecule has 0 aliphatic carbocycles. The number of piperidine rings is 1. The summed E-state index contributed by atoms with van der Waals surface area (Å²) in [6, 6.07) is 15.6. The first kappa shape index (κ1) is 28.3. The predicted molar refractivity (Wildman–Crippen MR) is 149 cm³/mol. The third kappa shape index (κ3) is 6.72. The van der Waals surface area contributed by atoms with Gasteiger partial charge in [0.05, 0.1) is 18.0 Å². The molecule has 200 valence electrons. The normalized spacial score (nSPS) is 13.2. The number of amides is 2. The van der Waals surface area contributed by atoms with Crippen LogP contribution in [0.4, 0.5) is 21.9 Å². The second-order valence-electron chi connectivity index (χ2n) is 8.82. The summed E-state index contributed by atoms with van der Waals surface area (Å²) in [4.78, 5) is 34.8. The lowest BCUT2D eigenvalue weighted by Crippen LogP contribution is -2.35. The molecular weight excluding hydrogens is 510 g/mol. The molecule has 1 fully saturated rings. The van der Waals surface area contributed by atoms with E-state index in [0.29, 0.717) is 17.9 Å². The molecule has 0 saturated carbocycles. The lowest BCUT2D eigenvalue weighted by Gasteiger charge is -2.33. The number of phenolic OH excluding ortho intramolecular Hbond substituents is 1. The Kier molecular flexibility index (Phi) is 9.53. The summed E-state index contributed by atoms with van der Waals surface area (Å²) < 4.78 is 5.47. The van der Waals surface area contributed by atoms with Gasteiger partial charge in [-0.25, -0.2) is 4.79 Å². The fourth-order valence-corrected chi connectivity index (χ4v) is 4.38. The predicted octanol–water partition coefficient (Wildman–Crippen LogP) is 4.58. The molecule has 2 aromatic carbocycles. The quantitative estimate of drug-likeness (QED) is 0.263. The van der Waals surface area contributed by atoms with Crippen molar-refractivity contribution in [3.8, 4) is 5.75 Å². The van der Waals surface area contributed by atoms with E-state index in [1.165, 1.54) is 18.2 Å². The van der Waals surface area contributed by atoms with E-state index >= 15 is 0 Å². The number of pyridine rings is 1. The third-order valence-electron chi connectivity index (χ3n) is 6.40. The molecule has 4 aromatic rings. The molecular formula is C27H30ClN5O5. The zero-order chi connectivity index (χ0) is 24.9. The second kappa shape index (κ2) is 12.8. The van der Waals surface area contributed by atoms with Crippen LogP contribution < -0.4 is 15.5 Å². The molecule has 6 N–H and O–H groups in total. The maximum Gasteiger partial charge on any atom is 0.411 e. The molecule has 2 aromatic heterocycles. The van der Waals surface area contributed by atoms with E-state index in [1.54, 1.807) is 24.5 Å². The van der Waals surface area contributed by atoms with Gasteiger partial charge in [0.15, 0.2) is 0 Å². The van der Waals surface area contributed by atoms with Crippen LogP contribution in [0.2, 0.25) is 0 Å². The molecule has 2 amide bonds. The average molecular weight is 540 g/mol. The smallest absolute Gasteiger partial charge is 0.411 e. The largest absolute Gasteiger partial charge is 0.508 e. The van der Waals surface area contributed by atoms with Gasteiger partial charge in [0.25, 0.3) is 5.91 Å². The average Bonchev–Trinajstić information content (AvgIpc) is 3.38. The number of aromatic nitrogens is 2. The molecule has 0 spiro atoms. The van der Waals surface area contributed by atoms with E-state index in [2.05, 4.69) is 25.5 Å². The van der Waals surface area contributed by atoms with Gasteiger partial charge in [-0.1, -0.05) is 6.07 Å². The van der Waals surface area contributed by atoms with Crippen LogP contribution in [-0.2, 0) is 4.74 Å². The van der Waals surface area contributed by atoms with Crippen LogP contribution >= 0.6 is 12.4 Å². The number of hydrogen-bond donors (Lipinski definition) is 4. The van der Waals surface area contributed by atoms with Crippen molar-refractivity contribution < 1.29 is 24.9 Å². The number of H-pyrrole nitrogens is 1. The van der Waals surface area contributed by atoms with Crippen molar-refractivity contribution in [1.29, 1.82) is 0 Å². The Morgan fingerprint density at radius 2 is 1.76 bits per heavy atom. The van der Waals surface area contributed by atoms with E-state index in [-0.39, 0.29) is 41.1 Å². The van der Waals surface area contributed by atoms with Crippen molar-refractivity contribution >= 4 is 52.4 Å². The summed E-state index contributed by atoms with van der Waals surface area (Å²) in [5, 5.41) is 16.4. The fourth-order valence-electron chi connectivity index (χ4n) is 4.38. The number of benzene rings is 2. The van der Waals surface area contributed by atoms with Crippen LogP contribution in [0.15, 0.2) is 73.2 Å². The molecule has 1 saturated heterocycles. The number of ether oxygens (including phenoxy) is 1. The van der Waals surface area contributed by atoms with Crippen molar-refractivity contribution in [2.75, 3.05) is 35.2 Å². The molecule has 0 atom stereocenters. The van der Waals surface area contributed by atoms with Crippen LogP contribution in [0, 0.1) is 5.92 Å². The highest BCUT2D eigenvalue weighted by molar-refractivity contribution is 6.08. The Hall–Kier alpha value is -4.28. The summed E-state index contributed by atoms with van der Waals surface area (Å²) in [6.07, 6.45) is 6.56. The van der Waals surface area contributed by atoms with Gasteiger partial charge in [0, 0.05) is 54.5 Å². The Labute approximate surface area is 225 Å². The monoisotopic (exact) mass is 539 g/mol. The summed E-state index contributed by atoms with van der Waals surface area (Å²) in [5.74, 6) is -0.116. The van der Waals surface area contributed by atoms with E-state index in [1.807, 2.05) is 30.5 Å². The maximum absolute atomic E-state index is 12.8. The summed E-state index contributed by atoms with van der Waals surface area (Å²) >= 11 is 0. The topological polar surface area (TPSA) is 151 Å². The number of phenols is 1. The first-order valence-corrected chi connectivity index (χ1v) is 11.9. The second-order valence-corrected chi connectivity index (χ2v) is 8.82. The molecule has 1 aliphatic heterocycles. The molecule has 38 heavy (non-hydrogen) atoms. The molecule has 10 nitrogen and oxygen atoms in total. The minimum absolute atomic E-state index is 0. The van der Waals surface area contributed by atoms with E-state index in [0.717, 1.165) is 42.5 Å². The van der Waals surface area contributed by atoms with Crippen molar-refractivity contribution in [2.24, 2.45) is 5.92 Å². The van der Waals surface area contributed by atoms with Crippen LogP contribution in [0.1, 0.15) is 23.2 Å². The maximum atomic E-state index is 12.8. The number of rotatable bonds is 6. The molecule has 0 bridgehead atoms. The lowest BCUT2D eigenvalue weighted by molar-refractivity contribution is 0.102. The number of carbonyl (C=O) groups excluding carboxylic acids is 2. The minimum Gasteiger partial charge on any atom is -0.508 e. The zero-order valence-electron chi connectivity index (χ0n) is 20.5. The highest BCUT2D eigenvalue weighted by atomic mass is 35.5. The Balaban J connectivity index is 0.00000200. The van der Waals surface area contributed by atoms with Crippen LogP contribution in [-0.4, -0.2) is 52.2 Å². The number of aromatic amines is 1. The van der Waals surface area contributed by atoms with E-state index in [9.17, 15) is 14.7 Å². The third-order valence-corrected chi connectivity index (χ3v) is 6.40. The standard InChI is InChI=1S/C27H27N5O4.ClH.H2O/c33-22-3-4-23(30-26(34)20-2-1-19-5-12-29-24(19)15-20)25(16-22)31-27(35)36-17-18-8-13-32(14-9-18)21-6-10-28-11-7-21;;/h1-7,10-12,15-16,18,29,33H,8-9,13-14,17H2,(H,30,34)(H,31,35);1H;1H2. The Morgan fingerprint density at radius 3 is 2.53 bits per heavy atom. The Morgan fingerprint density at radius 1 is 1.00 bits per heavy atom. The number of anilines is 3. The van der Waals surface area contributed by atoms with Crippen LogP contribution in [0.25, 0.3) is 10.9 Å². The summed E-state index contributed by atoms with van der Waals surface area (Å²) in [7, 11) is 0. The Bertz CT molecular complexity index is 1370. The van der Waals surface area contributed by atoms with Gasteiger partial charge in [-0.05, 0) is 66.6 Å². The van der Waals surface area contributed by atoms with Gasteiger partial charge >= 0.3 is 6.09 Å². The molecule has 0 unspecified atom stereocenters. The molecule has 3 heterocycles. The van der Waals surface area contributed by atoms with Crippen LogP contribution in [0.5, 0.6) is 5.75 Å². The number of carbonyl (C=O) groups is 2. The van der Waals surface area contributed by atoms with Crippen molar-refractivity contribution in [1.82, 2.24) is 9.97 Å². The van der Waals surface area contributed by atoms with Gasteiger partial charge in [-0.15, -0.1) is 12.4 Å². The van der Waals surface area contributed by atoms with Crippen molar-refractivity contribution in [3.05, 3.63) is 78.8 Å².